The molecule has 0 aliphatic carbocycles. The maximum atomic E-state index is 15.3. The van der Waals surface area contributed by atoms with Gasteiger partial charge in [-0.2, -0.15) is 0 Å². The number of nitrogens with one attached hydrogen (secondary N) is 1. The summed E-state index contributed by atoms with van der Waals surface area (Å²) in [5, 5.41) is 11.2. The van der Waals surface area contributed by atoms with Gasteiger partial charge in [0.05, 0.1) is 17.3 Å². The van der Waals surface area contributed by atoms with Gasteiger partial charge < -0.3 is 15.0 Å². The second-order valence-electron chi connectivity index (χ2n) is 9.72. The molecule has 2 heterocycles. The molecule has 1 aliphatic rings. The van der Waals surface area contributed by atoms with Crippen LogP contribution in [0.15, 0.2) is 72.8 Å². The normalized spacial score (nSPS) is 15.7. The van der Waals surface area contributed by atoms with Crippen LogP contribution in [0.3, 0.4) is 0 Å². The van der Waals surface area contributed by atoms with Gasteiger partial charge in [-0.25, -0.2) is 9.07 Å². The van der Waals surface area contributed by atoms with E-state index in [4.69, 9.17) is 4.74 Å². The van der Waals surface area contributed by atoms with Crippen molar-refractivity contribution < 1.29 is 18.7 Å². The van der Waals surface area contributed by atoms with E-state index in [-0.39, 0.29) is 18.3 Å². The Morgan fingerprint density at radius 2 is 1.82 bits per heavy atom. The van der Waals surface area contributed by atoms with E-state index in [2.05, 4.69) is 15.6 Å². The zero-order valence-corrected chi connectivity index (χ0v) is 22.0. The van der Waals surface area contributed by atoms with Crippen LogP contribution in [0.25, 0.3) is 11.0 Å². The van der Waals surface area contributed by atoms with Crippen molar-refractivity contribution in [1.82, 2.24) is 20.3 Å². The standard InChI is InChI=1S/C29H31FN6O3/c1-34(2)21-15-13-20(14-16-21)28(29(38)31-18-22-8-7-17-39-22)36(25-11-5-3-9-23(25)30)27(37)19-35-26-12-6-4-10-24(26)32-33-35/h3-6,9-16,22,28H,7-8,17-19H2,1-2H3,(H,31,38). The average molecular weight is 531 g/mol. The molecule has 1 aromatic heterocycles. The summed E-state index contributed by atoms with van der Waals surface area (Å²) in [5.74, 6) is -1.55. The van der Waals surface area contributed by atoms with Crippen LogP contribution >= 0.6 is 0 Å². The van der Waals surface area contributed by atoms with Crippen LogP contribution in [-0.2, 0) is 20.9 Å². The van der Waals surface area contributed by atoms with Gasteiger partial charge >= 0.3 is 0 Å². The topological polar surface area (TPSA) is 92.6 Å². The predicted molar refractivity (Wildman–Crippen MR) is 147 cm³/mol. The molecule has 0 radical (unpaired) electrons. The molecular formula is C29H31FN6O3. The van der Waals surface area contributed by atoms with Crippen LogP contribution in [0.5, 0.6) is 0 Å². The van der Waals surface area contributed by atoms with Crippen molar-refractivity contribution in [2.75, 3.05) is 37.0 Å². The third kappa shape index (κ3) is 5.75. The van der Waals surface area contributed by atoms with Crippen LogP contribution in [0.2, 0.25) is 0 Å². The van der Waals surface area contributed by atoms with Crippen molar-refractivity contribution in [3.05, 3.63) is 84.2 Å². The van der Waals surface area contributed by atoms with Crippen LogP contribution in [0.1, 0.15) is 24.4 Å². The minimum atomic E-state index is -1.14. The predicted octanol–water partition coefficient (Wildman–Crippen LogP) is 3.71. The largest absolute Gasteiger partial charge is 0.378 e. The second-order valence-corrected chi connectivity index (χ2v) is 9.72. The Morgan fingerprint density at radius 1 is 1.08 bits per heavy atom. The number of fused-ring (bicyclic) bond motifs is 1. The number of amides is 2. The Balaban J connectivity index is 1.55. The molecule has 1 fully saturated rings. The van der Waals surface area contributed by atoms with Crippen molar-refractivity contribution in [2.24, 2.45) is 0 Å². The van der Waals surface area contributed by atoms with E-state index in [1.807, 2.05) is 49.3 Å². The molecule has 2 unspecified atom stereocenters. The highest BCUT2D eigenvalue weighted by molar-refractivity contribution is 6.01. The zero-order chi connectivity index (χ0) is 27.4. The Labute approximate surface area is 226 Å². The van der Waals surface area contributed by atoms with Crippen LogP contribution < -0.4 is 15.1 Å². The van der Waals surface area contributed by atoms with E-state index in [9.17, 15) is 9.59 Å². The Kier molecular flexibility index (Phi) is 7.83. The van der Waals surface area contributed by atoms with E-state index in [0.717, 1.165) is 18.5 Å². The maximum Gasteiger partial charge on any atom is 0.249 e. The summed E-state index contributed by atoms with van der Waals surface area (Å²) in [6.07, 6.45) is 1.68. The summed E-state index contributed by atoms with van der Waals surface area (Å²) in [6.45, 7) is 0.722. The lowest BCUT2D eigenvalue weighted by Gasteiger charge is -2.32. The fourth-order valence-corrected chi connectivity index (χ4v) is 4.79. The highest BCUT2D eigenvalue weighted by atomic mass is 19.1. The highest BCUT2D eigenvalue weighted by Gasteiger charge is 2.35. The molecule has 9 nitrogen and oxygen atoms in total. The maximum absolute atomic E-state index is 15.3. The first kappa shape index (κ1) is 26.3. The first-order valence-corrected chi connectivity index (χ1v) is 12.9. The molecule has 202 valence electrons. The molecular weight excluding hydrogens is 499 g/mol. The van der Waals surface area contributed by atoms with Gasteiger partial charge in [0.1, 0.15) is 23.9 Å². The molecule has 0 saturated carbocycles. The lowest BCUT2D eigenvalue weighted by atomic mass is 10.0. The summed E-state index contributed by atoms with van der Waals surface area (Å²) in [7, 11) is 3.83. The molecule has 4 aromatic rings. The van der Waals surface area contributed by atoms with E-state index in [1.54, 1.807) is 30.3 Å². The molecule has 39 heavy (non-hydrogen) atoms. The van der Waals surface area contributed by atoms with Crippen molar-refractivity contribution in [1.29, 1.82) is 0 Å². The molecule has 1 aliphatic heterocycles. The summed E-state index contributed by atoms with van der Waals surface area (Å²) < 4.78 is 22.4. The molecule has 1 saturated heterocycles. The van der Waals surface area contributed by atoms with E-state index < -0.39 is 23.7 Å². The number of halogens is 1. The molecule has 10 heteroatoms. The molecule has 2 amide bonds. The average Bonchev–Trinajstić information content (AvgIpc) is 3.61. The van der Waals surface area contributed by atoms with Crippen LogP contribution in [0.4, 0.5) is 15.8 Å². The number of hydrogen-bond acceptors (Lipinski definition) is 6. The number of para-hydroxylation sites is 2. The van der Waals surface area contributed by atoms with Crippen LogP contribution in [-0.4, -0.2) is 60.2 Å². The van der Waals surface area contributed by atoms with Gasteiger partial charge in [-0.3, -0.25) is 14.5 Å². The van der Waals surface area contributed by atoms with E-state index in [0.29, 0.717) is 29.7 Å². The third-order valence-corrected chi connectivity index (χ3v) is 6.85. The minimum absolute atomic E-state index is 0.000809. The monoisotopic (exact) mass is 530 g/mol. The van der Waals surface area contributed by atoms with Gasteiger partial charge in [-0.15, -0.1) is 5.10 Å². The van der Waals surface area contributed by atoms with Gasteiger partial charge in [-0.05, 0) is 54.8 Å². The first-order chi connectivity index (χ1) is 18.9. The number of carbonyl (C=O) groups excluding carboxylic acids is 2. The van der Waals surface area contributed by atoms with E-state index in [1.165, 1.54) is 21.7 Å². The molecule has 5 rings (SSSR count). The Morgan fingerprint density at radius 3 is 2.54 bits per heavy atom. The zero-order valence-electron chi connectivity index (χ0n) is 22.0. The van der Waals surface area contributed by atoms with Gasteiger partial charge in [0.2, 0.25) is 11.8 Å². The first-order valence-electron chi connectivity index (χ1n) is 12.9. The number of hydrogen-bond donors (Lipinski definition) is 1. The third-order valence-electron chi connectivity index (χ3n) is 6.85. The highest BCUT2D eigenvalue weighted by Crippen LogP contribution is 2.31. The lowest BCUT2D eigenvalue weighted by molar-refractivity contribution is -0.127. The van der Waals surface area contributed by atoms with Gasteiger partial charge in [0.25, 0.3) is 0 Å². The minimum Gasteiger partial charge on any atom is -0.378 e. The summed E-state index contributed by atoms with van der Waals surface area (Å²) in [6, 6.07) is 19.4. The van der Waals surface area contributed by atoms with Crippen molar-refractivity contribution in [3.63, 3.8) is 0 Å². The molecule has 1 N–H and O–H groups in total. The number of anilines is 2. The lowest BCUT2D eigenvalue weighted by Crippen LogP contribution is -2.47. The Bertz CT molecular complexity index is 1450. The summed E-state index contributed by atoms with van der Waals surface area (Å²) in [5.41, 5.74) is 2.77. The number of carbonyl (C=O) groups is 2. The van der Waals surface area contributed by atoms with Crippen molar-refractivity contribution in [3.8, 4) is 0 Å². The quantitative estimate of drug-likeness (QED) is 0.355. The number of aromatic nitrogens is 3. The molecule has 2 atom stereocenters. The smallest absolute Gasteiger partial charge is 0.249 e. The van der Waals surface area contributed by atoms with Gasteiger partial charge in [-0.1, -0.05) is 41.6 Å². The van der Waals surface area contributed by atoms with Crippen LogP contribution in [0, 0.1) is 5.82 Å². The summed E-state index contributed by atoms with van der Waals surface area (Å²) >= 11 is 0. The fraction of sp³-hybridized carbons (Fsp3) is 0.310. The molecule has 0 spiro atoms. The van der Waals surface area contributed by atoms with Gasteiger partial charge in [0.15, 0.2) is 0 Å². The SMILES string of the molecule is CN(C)c1ccc(C(C(=O)NCC2CCCO2)N(C(=O)Cn2nnc3ccccc32)c2ccccc2F)cc1. The number of benzene rings is 3. The summed E-state index contributed by atoms with van der Waals surface area (Å²) in [4.78, 5) is 31.0. The number of nitrogens with zero attached hydrogens (tertiary/aromatic N) is 5. The number of ether oxygens (including phenoxy) is 1. The fourth-order valence-electron chi connectivity index (χ4n) is 4.79. The van der Waals surface area contributed by atoms with Crippen molar-refractivity contribution >= 4 is 34.2 Å². The molecule has 0 bridgehead atoms. The second kappa shape index (κ2) is 11.6. The van der Waals surface area contributed by atoms with Crippen molar-refractivity contribution in [2.45, 2.75) is 31.5 Å². The van der Waals surface area contributed by atoms with E-state index >= 15 is 4.39 Å². The Hall–Kier alpha value is -4.31. The van der Waals surface area contributed by atoms with Gasteiger partial charge in [0, 0.05) is 32.9 Å². The number of rotatable bonds is 9. The molecule has 3 aromatic carbocycles.